The van der Waals surface area contributed by atoms with Gasteiger partial charge in [0.2, 0.25) is 0 Å². The van der Waals surface area contributed by atoms with Gasteiger partial charge in [-0.1, -0.05) is 55.0 Å². The van der Waals surface area contributed by atoms with E-state index < -0.39 is 11.7 Å². The second-order valence-electron chi connectivity index (χ2n) is 8.29. The van der Waals surface area contributed by atoms with E-state index in [0.717, 1.165) is 38.1 Å². The van der Waals surface area contributed by atoms with Crippen molar-refractivity contribution in [1.82, 2.24) is 14.8 Å². The molecule has 1 aromatic heterocycles. The predicted octanol–water partition coefficient (Wildman–Crippen LogP) is 5.29. The molecule has 6 nitrogen and oxygen atoms in total. The van der Waals surface area contributed by atoms with Crippen molar-refractivity contribution < 1.29 is 14.0 Å². The lowest BCUT2D eigenvalue weighted by atomic mass is 9.98. The molecule has 2 heterocycles. The molecule has 1 amide bonds. The summed E-state index contributed by atoms with van der Waals surface area (Å²) in [7, 11) is 0. The molecule has 0 unspecified atom stereocenters. The highest BCUT2D eigenvalue weighted by Gasteiger charge is 2.21. The SMILES string of the molecule is O=C(Nc1ccc(F)c(-c2nnc3n2CCCCC3)c1)c1ccccc1C(=O)c1ccccc1. The fourth-order valence-corrected chi connectivity index (χ4v) is 4.28. The number of hydrogen-bond donors (Lipinski definition) is 1. The molecule has 5 rings (SSSR count). The van der Waals surface area contributed by atoms with Crippen molar-refractivity contribution in [2.24, 2.45) is 0 Å². The van der Waals surface area contributed by atoms with Crippen LogP contribution in [-0.2, 0) is 13.0 Å². The predicted molar refractivity (Wildman–Crippen MR) is 127 cm³/mol. The molecule has 0 saturated carbocycles. The van der Waals surface area contributed by atoms with Crippen molar-refractivity contribution in [3.05, 3.63) is 101 Å². The quantitative estimate of drug-likeness (QED) is 0.416. The lowest BCUT2D eigenvalue weighted by molar-refractivity contribution is 0.0996. The van der Waals surface area contributed by atoms with Crippen molar-refractivity contribution in [3.8, 4) is 11.4 Å². The van der Waals surface area contributed by atoms with E-state index in [0.29, 0.717) is 22.6 Å². The van der Waals surface area contributed by atoms with Gasteiger partial charge in [0, 0.05) is 29.8 Å². The third kappa shape index (κ3) is 4.24. The molecule has 1 N–H and O–H groups in total. The number of nitrogens with zero attached hydrogens (tertiary/aromatic N) is 3. The Morgan fingerprint density at radius 2 is 1.62 bits per heavy atom. The first-order chi connectivity index (χ1) is 16.6. The van der Waals surface area contributed by atoms with Gasteiger partial charge >= 0.3 is 0 Å². The number of fused-ring (bicyclic) bond motifs is 1. The number of hydrogen-bond acceptors (Lipinski definition) is 4. The molecule has 1 aliphatic rings. The third-order valence-corrected chi connectivity index (χ3v) is 6.03. The number of benzene rings is 3. The lowest BCUT2D eigenvalue weighted by Gasteiger charge is -2.12. The van der Waals surface area contributed by atoms with Gasteiger partial charge in [-0.2, -0.15) is 0 Å². The van der Waals surface area contributed by atoms with Crippen LogP contribution in [0.2, 0.25) is 0 Å². The highest BCUT2D eigenvalue weighted by atomic mass is 19.1. The molecule has 0 saturated heterocycles. The highest BCUT2D eigenvalue weighted by molar-refractivity contribution is 6.17. The summed E-state index contributed by atoms with van der Waals surface area (Å²) in [4.78, 5) is 26.1. The van der Waals surface area contributed by atoms with Crippen LogP contribution in [0.3, 0.4) is 0 Å². The van der Waals surface area contributed by atoms with Gasteiger partial charge in [-0.25, -0.2) is 4.39 Å². The van der Waals surface area contributed by atoms with Crippen molar-refractivity contribution in [3.63, 3.8) is 0 Å². The summed E-state index contributed by atoms with van der Waals surface area (Å²) in [6, 6.07) is 19.9. The average molecular weight is 455 g/mol. The van der Waals surface area contributed by atoms with Crippen LogP contribution in [0.5, 0.6) is 0 Å². The van der Waals surface area contributed by atoms with Gasteiger partial charge in [-0.3, -0.25) is 9.59 Å². The maximum Gasteiger partial charge on any atom is 0.256 e. The summed E-state index contributed by atoms with van der Waals surface area (Å²) in [5.74, 6) is 0.201. The standard InChI is InChI=1S/C27H23FN4O2/c28-23-15-14-19(17-22(23)26-31-30-24-13-5-2-8-16-32(24)26)29-27(34)21-12-7-6-11-20(21)25(33)18-9-3-1-4-10-18/h1,3-4,6-7,9-12,14-15,17H,2,5,8,13,16H2,(H,29,34). The van der Waals surface area contributed by atoms with Crippen LogP contribution in [-0.4, -0.2) is 26.5 Å². The Morgan fingerprint density at radius 3 is 2.44 bits per heavy atom. The summed E-state index contributed by atoms with van der Waals surface area (Å²) in [6.07, 6.45) is 3.94. The largest absolute Gasteiger partial charge is 0.322 e. The van der Waals surface area contributed by atoms with E-state index in [4.69, 9.17) is 0 Å². The summed E-state index contributed by atoms with van der Waals surface area (Å²) in [6.45, 7) is 0.739. The number of ketones is 1. The van der Waals surface area contributed by atoms with Crippen molar-refractivity contribution in [1.29, 1.82) is 0 Å². The van der Waals surface area contributed by atoms with Crippen molar-refractivity contribution in [2.75, 3.05) is 5.32 Å². The lowest BCUT2D eigenvalue weighted by Crippen LogP contribution is -2.17. The normalized spacial score (nSPS) is 13.1. The van der Waals surface area contributed by atoms with E-state index in [1.165, 1.54) is 12.1 Å². The van der Waals surface area contributed by atoms with Gasteiger partial charge in [0.15, 0.2) is 11.6 Å². The molecular weight excluding hydrogens is 431 g/mol. The molecular formula is C27H23FN4O2. The first-order valence-electron chi connectivity index (χ1n) is 11.3. The van der Waals surface area contributed by atoms with Crippen LogP contribution in [0.25, 0.3) is 11.4 Å². The minimum absolute atomic E-state index is 0.239. The second-order valence-corrected chi connectivity index (χ2v) is 8.29. The third-order valence-electron chi connectivity index (χ3n) is 6.03. The summed E-state index contributed by atoms with van der Waals surface area (Å²) < 4.78 is 16.7. The molecule has 170 valence electrons. The Morgan fingerprint density at radius 1 is 0.853 bits per heavy atom. The number of aryl methyl sites for hydroxylation is 1. The molecule has 0 bridgehead atoms. The zero-order valence-electron chi connectivity index (χ0n) is 18.5. The van der Waals surface area contributed by atoms with Crippen molar-refractivity contribution >= 4 is 17.4 Å². The topological polar surface area (TPSA) is 76.9 Å². The molecule has 1 aliphatic heterocycles. The summed E-state index contributed by atoms with van der Waals surface area (Å²) >= 11 is 0. The van der Waals surface area contributed by atoms with Crippen molar-refractivity contribution in [2.45, 2.75) is 32.2 Å². The van der Waals surface area contributed by atoms with E-state index >= 15 is 0 Å². The van der Waals surface area contributed by atoms with E-state index in [-0.39, 0.29) is 16.9 Å². The second kappa shape index (κ2) is 9.39. The number of halogens is 1. The van der Waals surface area contributed by atoms with Gasteiger partial charge in [-0.05, 0) is 37.1 Å². The minimum atomic E-state index is -0.447. The fraction of sp³-hybridized carbons (Fsp3) is 0.185. The maximum absolute atomic E-state index is 14.8. The first kappa shape index (κ1) is 21.7. The van der Waals surface area contributed by atoms with Gasteiger partial charge in [0.05, 0.1) is 11.1 Å². The number of carbonyl (C=O) groups is 2. The van der Waals surface area contributed by atoms with Crippen LogP contribution in [0.1, 0.15) is 51.4 Å². The number of anilines is 1. The number of nitrogens with one attached hydrogen (secondary N) is 1. The van der Waals surface area contributed by atoms with E-state index in [9.17, 15) is 14.0 Å². The van der Waals surface area contributed by atoms with Gasteiger partial charge in [-0.15, -0.1) is 10.2 Å². The zero-order chi connectivity index (χ0) is 23.5. The minimum Gasteiger partial charge on any atom is -0.322 e. The summed E-state index contributed by atoms with van der Waals surface area (Å²) in [5.41, 5.74) is 1.75. The molecule has 4 aromatic rings. The van der Waals surface area contributed by atoms with Crippen LogP contribution < -0.4 is 5.32 Å². The van der Waals surface area contributed by atoms with E-state index in [2.05, 4.69) is 15.5 Å². The molecule has 0 atom stereocenters. The smallest absolute Gasteiger partial charge is 0.256 e. The maximum atomic E-state index is 14.8. The Labute approximate surface area is 196 Å². The fourth-order valence-electron chi connectivity index (χ4n) is 4.28. The Hall–Kier alpha value is -4.13. The molecule has 0 radical (unpaired) electrons. The number of rotatable bonds is 5. The number of carbonyl (C=O) groups excluding carboxylic acids is 2. The zero-order valence-corrected chi connectivity index (χ0v) is 18.5. The average Bonchev–Trinajstić information content (AvgIpc) is 3.12. The molecule has 3 aromatic carbocycles. The highest BCUT2D eigenvalue weighted by Crippen LogP contribution is 2.28. The molecule has 0 fully saturated rings. The first-order valence-corrected chi connectivity index (χ1v) is 11.3. The molecule has 0 aliphatic carbocycles. The number of aromatic nitrogens is 3. The van der Waals surface area contributed by atoms with Crippen LogP contribution in [0.4, 0.5) is 10.1 Å². The van der Waals surface area contributed by atoms with Crippen LogP contribution >= 0.6 is 0 Å². The van der Waals surface area contributed by atoms with Gasteiger partial charge < -0.3 is 9.88 Å². The van der Waals surface area contributed by atoms with E-state index in [1.54, 1.807) is 54.6 Å². The Balaban J connectivity index is 1.44. The van der Waals surface area contributed by atoms with Gasteiger partial charge in [0.1, 0.15) is 11.6 Å². The number of amides is 1. The Bertz CT molecular complexity index is 1360. The van der Waals surface area contributed by atoms with E-state index in [1.807, 2.05) is 10.6 Å². The van der Waals surface area contributed by atoms with Gasteiger partial charge in [0.25, 0.3) is 5.91 Å². The summed E-state index contributed by atoms with van der Waals surface area (Å²) in [5, 5.41) is 11.3. The monoisotopic (exact) mass is 454 g/mol. The molecule has 0 spiro atoms. The molecule has 7 heteroatoms. The van der Waals surface area contributed by atoms with Crippen LogP contribution in [0, 0.1) is 5.82 Å². The Kier molecular flexibility index (Phi) is 5.99. The van der Waals surface area contributed by atoms with Crippen LogP contribution in [0.15, 0.2) is 72.8 Å². The molecule has 34 heavy (non-hydrogen) atoms.